The third kappa shape index (κ3) is 3.91. The average molecular weight is 405 g/mol. The maximum absolute atomic E-state index is 13.0. The number of benzene rings is 3. The highest BCUT2D eigenvalue weighted by Crippen LogP contribution is 2.29. The van der Waals surface area contributed by atoms with Gasteiger partial charge in [0.05, 0.1) is 10.6 Å². The minimum atomic E-state index is -1.00. The van der Waals surface area contributed by atoms with Gasteiger partial charge in [0.1, 0.15) is 5.82 Å². The number of halogens is 1. The van der Waals surface area contributed by atoms with Crippen molar-refractivity contribution in [2.24, 2.45) is 0 Å². The molecule has 0 bridgehead atoms. The zero-order chi connectivity index (χ0) is 20.4. The molecule has 0 aliphatic heterocycles. The van der Waals surface area contributed by atoms with Gasteiger partial charge < -0.3 is 10.1 Å². The summed E-state index contributed by atoms with van der Waals surface area (Å²) in [5, 5.41) is 6.50. The van der Waals surface area contributed by atoms with Crippen LogP contribution in [0.2, 0.25) is 5.02 Å². The molecule has 29 heavy (non-hydrogen) atoms. The van der Waals surface area contributed by atoms with E-state index in [-0.39, 0.29) is 0 Å². The van der Waals surface area contributed by atoms with Crippen molar-refractivity contribution < 1.29 is 14.3 Å². The van der Waals surface area contributed by atoms with Crippen LogP contribution in [0.5, 0.6) is 0 Å². The van der Waals surface area contributed by atoms with Crippen molar-refractivity contribution in [1.29, 1.82) is 0 Å². The summed E-state index contributed by atoms with van der Waals surface area (Å²) in [6, 6.07) is 20.4. The Bertz CT molecular complexity index is 1170. The van der Waals surface area contributed by atoms with Crippen LogP contribution in [0.3, 0.4) is 0 Å². The van der Waals surface area contributed by atoms with Crippen LogP contribution in [0.25, 0.3) is 21.5 Å². The lowest BCUT2D eigenvalue weighted by molar-refractivity contribution is -0.123. The molecule has 0 radical (unpaired) electrons. The predicted octanol–water partition coefficient (Wildman–Crippen LogP) is 5.23. The number of rotatable bonds is 4. The summed E-state index contributed by atoms with van der Waals surface area (Å²) in [6.07, 6.45) is 0.425. The number of aromatic nitrogens is 1. The Morgan fingerprint density at radius 2 is 1.59 bits per heavy atom. The monoisotopic (exact) mass is 404 g/mol. The van der Waals surface area contributed by atoms with E-state index in [0.717, 1.165) is 21.5 Å². The van der Waals surface area contributed by atoms with E-state index in [9.17, 15) is 9.59 Å². The number of anilines is 1. The summed E-state index contributed by atoms with van der Waals surface area (Å²) >= 11 is 5.80. The molecule has 144 valence electrons. The highest BCUT2D eigenvalue weighted by Gasteiger charge is 2.22. The fourth-order valence-electron chi connectivity index (χ4n) is 3.18. The molecule has 0 aliphatic carbocycles. The van der Waals surface area contributed by atoms with Crippen LogP contribution in [-0.4, -0.2) is 23.0 Å². The molecule has 1 atom stereocenters. The molecule has 0 fully saturated rings. The summed E-state index contributed by atoms with van der Waals surface area (Å²) in [7, 11) is 0. The molecule has 1 aromatic heterocycles. The van der Waals surface area contributed by atoms with Gasteiger partial charge in [-0.2, -0.15) is 0 Å². The second-order valence-electron chi connectivity index (χ2n) is 6.59. The topological polar surface area (TPSA) is 68.3 Å². The van der Waals surface area contributed by atoms with Crippen LogP contribution in [-0.2, 0) is 9.53 Å². The lowest BCUT2D eigenvalue weighted by atomic mass is 9.97. The van der Waals surface area contributed by atoms with Crippen LogP contribution < -0.4 is 5.32 Å². The first kappa shape index (κ1) is 18.9. The van der Waals surface area contributed by atoms with Crippen molar-refractivity contribution in [1.82, 2.24) is 4.98 Å². The normalized spacial score (nSPS) is 11.9. The standard InChI is InChI=1S/C23H17ClN2O3/c1-14(22(27)26-20-11-10-17(24)13-25-20)29-23(28)21-18-8-4-2-6-15(18)12-16-7-3-5-9-19(16)21/h2-14H,1H3,(H,25,26,27)/t14-/m0/s1. The maximum Gasteiger partial charge on any atom is 0.340 e. The smallest absolute Gasteiger partial charge is 0.340 e. The zero-order valence-corrected chi connectivity index (χ0v) is 16.3. The Labute approximate surface area is 172 Å². The van der Waals surface area contributed by atoms with E-state index in [1.165, 1.54) is 13.1 Å². The minimum absolute atomic E-state index is 0.331. The number of hydrogen-bond acceptors (Lipinski definition) is 4. The quantitative estimate of drug-likeness (QED) is 0.373. The molecular weight excluding hydrogens is 388 g/mol. The van der Waals surface area contributed by atoms with Crippen molar-refractivity contribution >= 4 is 50.8 Å². The van der Waals surface area contributed by atoms with Gasteiger partial charge in [0.15, 0.2) is 6.10 Å². The molecule has 6 heteroatoms. The van der Waals surface area contributed by atoms with Gasteiger partial charge in [0, 0.05) is 6.20 Å². The van der Waals surface area contributed by atoms with E-state index in [0.29, 0.717) is 16.4 Å². The Kier molecular flexibility index (Phi) is 5.14. The molecule has 4 aromatic rings. The number of nitrogens with zero attached hydrogens (tertiary/aromatic N) is 1. The molecule has 1 heterocycles. The maximum atomic E-state index is 13.0. The number of carbonyl (C=O) groups excluding carboxylic acids is 2. The number of fused-ring (bicyclic) bond motifs is 2. The first-order chi connectivity index (χ1) is 14.0. The lowest BCUT2D eigenvalue weighted by Gasteiger charge is -2.15. The summed E-state index contributed by atoms with van der Waals surface area (Å²) < 4.78 is 5.51. The van der Waals surface area contributed by atoms with Gasteiger partial charge in [-0.15, -0.1) is 0 Å². The van der Waals surface area contributed by atoms with Crippen molar-refractivity contribution in [3.63, 3.8) is 0 Å². The van der Waals surface area contributed by atoms with Crippen molar-refractivity contribution in [2.45, 2.75) is 13.0 Å². The highest BCUT2D eigenvalue weighted by atomic mass is 35.5. The molecule has 0 unspecified atom stereocenters. The van der Waals surface area contributed by atoms with Crippen LogP contribution in [0.1, 0.15) is 17.3 Å². The van der Waals surface area contributed by atoms with Gasteiger partial charge >= 0.3 is 5.97 Å². The number of carbonyl (C=O) groups is 2. The molecule has 1 amide bonds. The third-order valence-corrected chi connectivity index (χ3v) is 4.83. The fourth-order valence-corrected chi connectivity index (χ4v) is 3.30. The molecule has 0 saturated carbocycles. The van der Waals surface area contributed by atoms with Crippen molar-refractivity contribution in [3.05, 3.63) is 83.5 Å². The van der Waals surface area contributed by atoms with E-state index in [1.54, 1.807) is 12.1 Å². The average Bonchev–Trinajstić information content (AvgIpc) is 2.73. The van der Waals surface area contributed by atoms with E-state index in [4.69, 9.17) is 16.3 Å². The SMILES string of the molecule is C[C@H](OC(=O)c1c2ccccc2cc2ccccc12)C(=O)Nc1ccc(Cl)cn1. The van der Waals surface area contributed by atoms with Crippen LogP contribution >= 0.6 is 11.6 Å². The minimum Gasteiger partial charge on any atom is -0.449 e. The van der Waals surface area contributed by atoms with Crippen LogP contribution in [0, 0.1) is 0 Å². The predicted molar refractivity (Wildman–Crippen MR) is 114 cm³/mol. The van der Waals surface area contributed by atoms with Gasteiger partial charge in [-0.25, -0.2) is 9.78 Å². The second-order valence-corrected chi connectivity index (χ2v) is 7.03. The molecule has 0 aliphatic rings. The number of amides is 1. The molecule has 5 nitrogen and oxygen atoms in total. The van der Waals surface area contributed by atoms with E-state index in [2.05, 4.69) is 10.3 Å². The lowest BCUT2D eigenvalue weighted by Crippen LogP contribution is -2.30. The van der Waals surface area contributed by atoms with E-state index >= 15 is 0 Å². The van der Waals surface area contributed by atoms with Gasteiger partial charge in [0.2, 0.25) is 0 Å². The van der Waals surface area contributed by atoms with Gasteiger partial charge in [0.25, 0.3) is 5.91 Å². The summed E-state index contributed by atoms with van der Waals surface area (Å²) in [6.45, 7) is 1.52. The molecular formula is C23H17ClN2O3. The van der Waals surface area contributed by atoms with Gasteiger partial charge in [-0.1, -0.05) is 60.1 Å². The Morgan fingerprint density at radius 3 is 2.17 bits per heavy atom. The zero-order valence-electron chi connectivity index (χ0n) is 15.6. The van der Waals surface area contributed by atoms with Crippen molar-refractivity contribution in [2.75, 3.05) is 5.32 Å². The highest BCUT2D eigenvalue weighted by molar-refractivity contribution is 6.30. The summed E-state index contributed by atoms with van der Waals surface area (Å²) in [4.78, 5) is 29.5. The first-order valence-electron chi connectivity index (χ1n) is 9.07. The van der Waals surface area contributed by atoms with Gasteiger partial charge in [-0.3, -0.25) is 4.79 Å². The Morgan fingerprint density at radius 1 is 0.966 bits per heavy atom. The summed E-state index contributed by atoms with van der Waals surface area (Å²) in [5.41, 5.74) is 0.447. The first-order valence-corrected chi connectivity index (χ1v) is 9.44. The van der Waals surface area contributed by atoms with Crippen LogP contribution in [0.4, 0.5) is 5.82 Å². The number of esters is 1. The number of ether oxygens (including phenoxy) is 1. The number of hydrogen-bond donors (Lipinski definition) is 1. The Balaban J connectivity index is 1.62. The Hall–Kier alpha value is -3.44. The fraction of sp³-hybridized carbons (Fsp3) is 0.0870. The number of nitrogens with one attached hydrogen (secondary N) is 1. The van der Waals surface area contributed by atoms with Gasteiger partial charge in [-0.05, 0) is 46.7 Å². The molecule has 0 saturated heterocycles. The molecule has 0 spiro atoms. The van der Waals surface area contributed by atoms with E-state index < -0.39 is 18.0 Å². The van der Waals surface area contributed by atoms with Crippen molar-refractivity contribution in [3.8, 4) is 0 Å². The van der Waals surface area contributed by atoms with Crippen LogP contribution in [0.15, 0.2) is 72.9 Å². The molecule has 3 aromatic carbocycles. The summed E-state index contributed by atoms with van der Waals surface area (Å²) in [5.74, 6) is -0.694. The molecule has 4 rings (SSSR count). The molecule has 1 N–H and O–H groups in total. The largest absolute Gasteiger partial charge is 0.449 e. The third-order valence-electron chi connectivity index (χ3n) is 4.61. The number of pyridine rings is 1. The van der Waals surface area contributed by atoms with E-state index in [1.807, 2.05) is 54.6 Å². The second kappa shape index (κ2) is 7.89.